The van der Waals surface area contributed by atoms with Crippen LogP contribution in [0.25, 0.3) is 0 Å². The Bertz CT molecular complexity index is 673. The lowest BCUT2D eigenvalue weighted by Gasteiger charge is -2.48. The second-order valence-electron chi connectivity index (χ2n) is 8.41. The van der Waals surface area contributed by atoms with Crippen molar-refractivity contribution in [2.45, 2.75) is 79.0 Å². The van der Waals surface area contributed by atoms with Gasteiger partial charge in [-0.3, -0.25) is 4.79 Å². The predicted molar refractivity (Wildman–Crippen MR) is 117 cm³/mol. The minimum atomic E-state index is -0.0235. The SMILES string of the molecule is CC.CC(=O)Cc1ccccc1N=C1SC(C)(C(C)(C)C)C(C)(C)N1C. The van der Waals surface area contributed by atoms with Crippen LogP contribution in [0.5, 0.6) is 0 Å². The lowest BCUT2D eigenvalue weighted by atomic mass is 9.70. The molecule has 2 rings (SSSR count). The zero-order chi connectivity index (χ0) is 20.3. The number of para-hydroxylation sites is 1. The average molecular weight is 377 g/mol. The quantitative estimate of drug-likeness (QED) is 0.639. The molecule has 0 saturated carbocycles. The van der Waals surface area contributed by atoms with Crippen molar-refractivity contribution in [3.63, 3.8) is 0 Å². The standard InChI is InChI=1S/C20H30N2OS.C2H6/c1-14(23)13-15-11-9-10-12-16(15)21-17-22(8)19(5,6)20(7,24-17)18(2,3)4;1-2/h9-12H,13H2,1-8H3;1-2H3. The summed E-state index contributed by atoms with van der Waals surface area (Å²) in [7, 11) is 2.12. The fraction of sp³-hybridized carbons (Fsp3) is 0.636. The Morgan fingerprint density at radius 3 is 2.15 bits per heavy atom. The summed E-state index contributed by atoms with van der Waals surface area (Å²) in [6.07, 6.45) is 0.432. The highest BCUT2D eigenvalue weighted by Gasteiger charge is 2.58. The minimum Gasteiger partial charge on any atom is -0.348 e. The number of ketones is 1. The number of carbonyl (C=O) groups excluding carboxylic acids is 1. The van der Waals surface area contributed by atoms with Crippen molar-refractivity contribution in [1.29, 1.82) is 0 Å². The molecule has 26 heavy (non-hydrogen) atoms. The number of carbonyl (C=O) groups is 1. The molecule has 146 valence electrons. The average Bonchev–Trinajstić information content (AvgIpc) is 2.72. The maximum Gasteiger partial charge on any atom is 0.165 e. The van der Waals surface area contributed by atoms with Gasteiger partial charge in [0.25, 0.3) is 0 Å². The number of benzene rings is 1. The molecule has 0 bridgehead atoms. The maximum absolute atomic E-state index is 11.5. The van der Waals surface area contributed by atoms with Crippen LogP contribution < -0.4 is 0 Å². The first-order valence-corrected chi connectivity index (χ1v) is 10.3. The van der Waals surface area contributed by atoms with E-state index in [4.69, 9.17) is 4.99 Å². The van der Waals surface area contributed by atoms with Crippen LogP contribution in [0.4, 0.5) is 5.69 Å². The van der Waals surface area contributed by atoms with Gasteiger partial charge >= 0.3 is 0 Å². The molecule has 0 amide bonds. The summed E-state index contributed by atoms with van der Waals surface area (Å²) >= 11 is 1.85. The molecule has 0 aliphatic carbocycles. The van der Waals surface area contributed by atoms with Gasteiger partial charge < -0.3 is 4.90 Å². The highest BCUT2D eigenvalue weighted by Crippen LogP contribution is 2.57. The van der Waals surface area contributed by atoms with Crippen LogP contribution in [0.3, 0.4) is 0 Å². The van der Waals surface area contributed by atoms with Crippen molar-refractivity contribution in [2.75, 3.05) is 7.05 Å². The van der Waals surface area contributed by atoms with E-state index in [0.717, 1.165) is 16.4 Å². The van der Waals surface area contributed by atoms with Gasteiger partial charge in [0, 0.05) is 18.2 Å². The molecule has 1 aliphatic rings. The molecule has 0 radical (unpaired) electrons. The third-order valence-corrected chi connectivity index (χ3v) is 7.73. The molecule has 1 aromatic rings. The molecule has 1 fully saturated rings. The van der Waals surface area contributed by atoms with Crippen LogP contribution in [-0.4, -0.2) is 33.2 Å². The Morgan fingerprint density at radius 2 is 1.69 bits per heavy atom. The zero-order valence-corrected chi connectivity index (χ0v) is 19.0. The number of thioether (sulfide) groups is 1. The van der Waals surface area contributed by atoms with Gasteiger partial charge in [0.05, 0.1) is 11.2 Å². The van der Waals surface area contributed by atoms with Gasteiger partial charge in [-0.1, -0.05) is 64.6 Å². The van der Waals surface area contributed by atoms with Crippen LogP contribution >= 0.6 is 11.8 Å². The van der Waals surface area contributed by atoms with Crippen LogP contribution in [0.1, 0.15) is 67.9 Å². The van der Waals surface area contributed by atoms with E-state index in [1.54, 1.807) is 6.92 Å². The maximum atomic E-state index is 11.5. The lowest BCUT2D eigenvalue weighted by molar-refractivity contribution is -0.116. The van der Waals surface area contributed by atoms with Gasteiger partial charge in [-0.15, -0.1) is 0 Å². The molecular formula is C22H36N2OS. The summed E-state index contributed by atoms with van der Waals surface area (Å²) in [5.41, 5.74) is 2.00. The Morgan fingerprint density at radius 1 is 1.15 bits per heavy atom. The molecule has 1 unspecified atom stereocenters. The van der Waals surface area contributed by atoms with E-state index in [9.17, 15) is 4.79 Å². The van der Waals surface area contributed by atoms with Crippen molar-refractivity contribution >= 4 is 28.4 Å². The van der Waals surface area contributed by atoms with Crippen LogP contribution in [0.15, 0.2) is 29.3 Å². The summed E-state index contributed by atoms with van der Waals surface area (Å²) in [6, 6.07) is 7.95. The van der Waals surface area contributed by atoms with E-state index in [-0.39, 0.29) is 21.5 Å². The molecule has 0 N–H and O–H groups in total. The van der Waals surface area contributed by atoms with Gasteiger partial charge in [0.2, 0.25) is 0 Å². The second-order valence-corrected chi connectivity index (χ2v) is 9.79. The molecule has 1 saturated heterocycles. The Balaban J connectivity index is 0.00000163. The summed E-state index contributed by atoms with van der Waals surface area (Å²) in [5, 5.41) is 1.02. The van der Waals surface area contributed by atoms with Gasteiger partial charge in [0.15, 0.2) is 5.17 Å². The number of Topliss-reactive ketones (excluding diaryl/α,β-unsaturated/α-hetero) is 1. The lowest BCUT2D eigenvalue weighted by Crippen LogP contribution is -2.56. The molecular weight excluding hydrogens is 340 g/mol. The minimum absolute atomic E-state index is 0.0235. The highest BCUT2D eigenvalue weighted by molar-refractivity contribution is 8.15. The molecule has 1 aromatic carbocycles. The first-order chi connectivity index (χ1) is 11.9. The molecule has 4 heteroatoms. The fourth-order valence-electron chi connectivity index (χ4n) is 3.24. The summed E-state index contributed by atoms with van der Waals surface area (Å²) in [5.74, 6) is 0.162. The topological polar surface area (TPSA) is 32.7 Å². The van der Waals surface area contributed by atoms with Crippen molar-refractivity contribution in [3.05, 3.63) is 29.8 Å². The van der Waals surface area contributed by atoms with Crippen molar-refractivity contribution in [2.24, 2.45) is 10.4 Å². The molecule has 1 heterocycles. The number of rotatable bonds is 3. The Hall–Kier alpha value is -1.29. The van der Waals surface area contributed by atoms with Crippen molar-refractivity contribution in [3.8, 4) is 0 Å². The predicted octanol–water partition coefficient (Wildman–Crippen LogP) is 6.09. The largest absolute Gasteiger partial charge is 0.348 e. The summed E-state index contributed by atoms with van der Waals surface area (Å²) in [6.45, 7) is 19.4. The Kier molecular flexibility index (Phi) is 7.14. The van der Waals surface area contributed by atoms with Crippen molar-refractivity contribution in [1.82, 2.24) is 4.90 Å². The number of aliphatic imine (C=N–C) groups is 1. The molecule has 0 spiro atoms. The first-order valence-electron chi connectivity index (χ1n) is 9.49. The Labute approximate surface area is 164 Å². The monoisotopic (exact) mass is 376 g/mol. The van der Waals surface area contributed by atoms with Crippen LogP contribution in [-0.2, 0) is 11.2 Å². The normalized spacial score (nSPS) is 23.6. The van der Waals surface area contributed by atoms with E-state index in [1.165, 1.54) is 0 Å². The van der Waals surface area contributed by atoms with Gasteiger partial charge in [0.1, 0.15) is 5.78 Å². The smallest absolute Gasteiger partial charge is 0.165 e. The number of nitrogens with zero attached hydrogens (tertiary/aromatic N) is 2. The number of hydrogen-bond donors (Lipinski definition) is 0. The highest BCUT2D eigenvalue weighted by atomic mass is 32.2. The van der Waals surface area contributed by atoms with Gasteiger partial charge in [-0.05, 0) is 44.7 Å². The van der Waals surface area contributed by atoms with Gasteiger partial charge in [-0.25, -0.2) is 4.99 Å². The van der Waals surface area contributed by atoms with E-state index in [0.29, 0.717) is 6.42 Å². The fourth-order valence-corrected chi connectivity index (χ4v) is 4.81. The number of amidine groups is 1. The molecule has 3 nitrogen and oxygen atoms in total. The van der Waals surface area contributed by atoms with Crippen LogP contribution in [0, 0.1) is 5.41 Å². The van der Waals surface area contributed by atoms with E-state index < -0.39 is 0 Å². The van der Waals surface area contributed by atoms with Crippen molar-refractivity contribution < 1.29 is 4.79 Å². The van der Waals surface area contributed by atoms with Gasteiger partial charge in [-0.2, -0.15) is 0 Å². The molecule has 1 atom stereocenters. The third kappa shape index (κ3) is 4.16. The third-order valence-electron chi connectivity index (χ3n) is 5.67. The van der Waals surface area contributed by atoms with Crippen LogP contribution in [0.2, 0.25) is 0 Å². The summed E-state index contributed by atoms with van der Waals surface area (Å²) in [4.78, 5) is 18.8. The zero-order valence-electron chi connectivity index (χ0n) is 18.2. The first kappa shape index (κ1) is 22.8. The number of hydrogen-bond acceptors (Lipinski definition) is 3. The van der Waals surface area contributed by atoms with E-state index in [1.807, 2.05) is 49.9 Å². The second kappa shape index (κ2) is 8.16. The molecule has 1 aliphatic heterocycles. The molecule has 0 aromatic heterocycles. The summed E-state index contributed by atoms with van der Waals surface area (Å²) < 4.78 is 0.0309. The van der Waals surface area contributed by atoms with E-state index >= 15 is 0 Å². The van der Waals surface area contributed by atoms with E-state index in [2.05, 4.69) is 53.5 Å².